The van der Waals surface area contributed by atoms with E-state index < -0.39 is 5.63 Å². The molecule has 0 aliphatic heterocycles. The minimum atomic E-state index is -0.492. The molecule has 0 saturated carbocycles. The number of fused-ring (bicyclic) bond motifs is 1. The molecule has 0 aliphatic carbocycles. The Morgan fingerprint density at radius 3 is 2.76 bits per heavy atom. The number of rotatable bonds is 3. The number of aromatic nitrogens is 1. The number of anilines is 2. The van der Waals surface area contributed by atoms with E-state index in [0.29, 0.717) is 27.4 Å². The Labute approximate surface area is 125 Å². The van der Waals surface area contributed by atoms with Gasteiger partial charge in [-0.15, -0.1) is 0 Å². The summed E-state index contributed by atoms with van der Waals surface area (Å²) in [5, 5.41) is 3.75. The van der Waals surface area contributed by atoms with Gasteiger partial charge in [0.2, 0.25) is 0 Å². The summed E-state index contributed by atoms with van der Waals surface area (Å²) in [6, 6.07) is 12.2. The molecule has 0 spiro atoms. The van der Waals surface area contributed by atoms with Gasteiger partial charge in [0.05, 0.1) is 23.2 Å². The molecule has 5 nitrogen and oxygen atoms in total. The van der Waals surface area contributed by atoms with Crippen molar-refractivity contribution in [2.24, 2.45) is 0 Å². The number of nitrogens with one attached hydrogen (secondary N) is 1. The van der Waals surface area contributed by atoms with Crippen LogP contribution in [0.1, 0.15) is 0 Å². The molecule has 3 aromatic rings. The highest BCUT2D eigenvalue weighted by Crippen LogP contribution is 2.26. The second-order valence-electron chi connectivity index (χ2n) is 4.27. The number of ether oxygens (including phenoxy) is 1. The summed E-state index contributed by atoms with van der Waals surface area (Å²) in [5.41, 5.74) is 0.545. The first kappa shape index (κ1) is 13.5. The van der Waals surface area contributed by atoms with Crippen LogP contribution in [0.2, 0.25) is 5.02 Å². The van der Waals surface area contributed by atoms with Gasteiger partial charge >= 0.3 is 11.6 Å². The van der Waals surface area contributed by atoms with Crippen LogP contribution in [-0.4, -0.2) is 12.1 Å². The second-order valence-corrected chi connectivity index (χ2v) is 4.67. The summed E-state index contributed by atoms with van der Waals surface area (Å²) in [4.78, 5) is 16.3. The van der Waals surface area contributed by atoms with Crippen molar-refractivity contribution in [3.63, 3.8) is 0 Å². The molecule has 0 fully saturated rings. The van der Waals surface area contributed by atoms with Gasteiger partial charge in [0, 0.05) is 0 Å². The molecule has 1 aromatic heterocycles. The Bertz CT molecular complexity index is 861. The lowest BCUT2D eigenvalue weighted by Gasteiger charge is -2.08. The van der Waals surface area contributed by atoms with E-state index in [1.54, 1.807) is 36.4 Å². The summed E-state index contributed by atoms with van der Waals surface area (Å²) in [5.74, 6) is 0.502. The van der Waals surface area contributed by atoms with Crippen molar-refractivity contribution in [2.45, 2.75) is 0 Å². The normalized spacial score (nSPS) is 10.6. The average Bonchev–Trinajstić information content (AvgIpc) is 2.49. The van der Waals surface area contributed by atoms with Gasteiger partial charge in [-0.05, 0) is 24.3 Å². The minimum absolute atomic E-state index is 0.0603. The lowest BCUT2D eigenvalue weighted by molar-refractivity contribution is 0.417. The van der Waals surface area contributed by atoms with Crippen LogP contribution in [0, 0.1) is 0 Å². The molecule has 0 radical (unpaired) electrons. The molecule has 0 aliphatic rings. The van der Waals surface area contributed by atoms with Crippen molar-refractivity contribution in [3.8, 4) is 5.75 Å². The summed E-state index contributed by atoms with van der Waals surface area (Å²) in [7, 11) is 1.52. The molecular weight excluding hydrogens is 292 g/mol. The largest absolute Gasteiger partial charge is 0.494 e. The molecule has 1 heterocycles. The zero-order valence-corrected chi connectivity index (χ0v) is 11.8. The van der Waals surface area contributed by atoms with E-state index in [2.05, 4.69) is 10.3 Å². The van der Waals surface area contributed by atoms with Crippen molar-refractivity contribution in [2.75, 3.05) is 12.4 Å². The SMILES string of the molecule is COc1cccc2c(=O)oc(Nc3ccccc3Cl)nc12. The second kappa shape index (κ2) is 5.46. The first-order valence-corrected chi connectivity index (χ1v) is 6.56. The maximum Gasteiger partial charge on any atom is 0.348 e. The Balaban J connectivity index is 2.12. The Morgan fingerprint density at radius 1 is 1.19 bits per heavy atom. The number of hydrogen-bond acceptors (Lipinski definition) is 5. The third-order valence-corrected chi connectivity index (χ3v) is 3.29. The predicted octanol–water partition coefficient (Wildman–Crippen LogP) is 3.59. The molecule has 0 unspecified atom stereocenters. The van der Waals surface area contributed by atoms with Crippen molar-refractivity contribution in [3.05, 3.63) is 57.9 Å². The van der Waals surface area contributed by atoms with Crippen molar-refractivity contribution in [1.29, 1.82) is 0 Å². The number of para-hydroxylation sites is 2. The zero-order chi connectivity index (χ0) is 14.8. The lowest BCUT2D eigenvalue weighted by atomic mass is 10.2. The summed E-state index contributed by atoms with van der Waals surface area (Å²) < 4.78 is 10.4. The number of halogens is 1. The third kappa shape index (κ3) is 2.55. The maximum absolute atomic E-state index is 12.0. The first-order chi connectivity index (χ1) is 10.2. The fraction of sp³-hybridized carbons (Fsp3) is 0.0667. The van der Waals surface area contributed by atoms with Gasteiger partial charge in [-0.25, -0.2) is 4.79 Å². The van der Waals surface area contributed by atoms with Crippen LogP contribution in [0.25, 0.3) is 10.9 Å². The molecule has 21 heavy (non-hydrogen) atoms. The average molecular weight is 303 g/mol. The third-order valence-electron chi connectivity index (χ3n) is 2.96. The fourth-order valence-electron chi connectivity index (χ4n) is 1.97. The van der Waals surface area contributed by atoms with E-state index in [1.165, 1.54) is 7.11 Å². The highest BCUT2D eigenvalue weighted by Gasteiger charge is 2.11. The van der Waals surface area contributed by atoms with E-state index in [4.69, 9.17) is 20.8 Å². The standard InChI is InChI=1S/C15H11ClN2O3/c1-20-12-8-4-5-9-13(12)18-15(21-14(9)19)17-11-7-3-2-6-10(11)16/h2-8H,1H3,(H,17,18). The molecule has 106 valence electrons. The fourth-order valence-corrected chi connectivity index (χ4v) is 2.15. The van der Waals surface area contributed by atoms with E-state index in [-0.39, 0.29) is 6.01 Å². The van der Waals surface area contributed by atoms with Gasteiger partial charge in [0.15, 0.2) is 0 Å². The van der Waals surface area contributed by atoms with Gasteiger partial charge in [-0.3, -0.25) is 0 Å². The summed E-state index contributed by atoms with van der Waals surface area (Å²) in [6.45, 7) is 0. The Morgan fingerprint density at radius 2 is 2.00 bits per heavy atom. The highest BCUT2D eigenvalue weighted by molar-refractivity contribution is 6.33. The summed E-state index contributed by atoms with van der Waals surface area (Å²) in [6.07, 6.45) is 0. The maximum atomic E-state index is 12.0. The molecule has 0 amide bonds. The van der Waals surface area contributed by atoms with Crippen LogP contribution >= 0.6 is 11.6 Å². The molecule has 0 atom stereocenters. The number of benzene rings is 2. The first-order valence-electron chi connectivity index (χ1n) is 6.18. The number of hydrogen-bond donors (Lipinski definition) is 1. The van der Waals surface area contributed by atoms with E-state index in [0.717, 1.165) is 0 Å². The van der Waals surface area contributed by atoms with Gasteiger partial charge in [0.1, 0.15) is 11.3 Å². The van der Waals surface area contributed by atoms with Gasteiger partial charge in [-0.2, -0.15) is 4.98 Å². The molecule has 1 N–H and O–H groups in total. The Kier molecular flexibility index (Phi) is 3.50. The quantitative estimate of drug-likeness (QED) is 0.801. The monoisotopic (exact) mass is 302 g/mol. The molecule has 3 rings (SSSR count). The van der Waals surface area contributed by atoms with Crippen LogP contribution in [-0.2, 0) is 0 Å². The molecular formula is C15H11ClN2O3. The van der Waals surface area contributed by atoms with Crippen molar-refractivity contribution >= 4 is 34.2 Å². The highest BCUT2D eigenvalue weighted by atomic mass is 35.5. The molecule has 2 aromatic carbocycles. The van der Waals surface area contributed by atoms with Crippen molar-refractivity contribution < 1.29 is 9.15 Å². The lowest BCUT2D eigenvalue weighted by Crippen LogP contribution is -2.06. The predicted molar refractivity (Wildman–Crippen MR) is 81.6 cm³/mol. The van der Waals surface area contributed by atoms with Crippen LogP contribution in [0.5, 0.6) is 5.75 Å². The molecule has 6 heteroatoms. The van der Waals surface area contributed by atoms with Crippen molar-refractivity contribution in [1.82, 2.24) is 4.98 Å². The van der Waals surface area contributed by atoms with Crippen LogP contribution in [0.4, 0.5) is 11.7 Å². The molecule has 0 saturated heterocycles. The van der Waals surface area contributed by atoms with Gasteiger partial charge < -0.3 is 14.5 Å². The number of nitrogens with zero attached hydrogens (tertiary/aromatic N) is 1. The van der Waals surface area contributed by atoms with E-state index in [1.807, 2.05) is 6.07 Å². The van der Waals surface area contributed by atoms with Gasteiger partial charge in [0.25, 0.3) is 0 Å². The minimum Gasteiger partial charge on any atom is -0.494 e. The van der Waals surface area contributed by atoms with Crippen LogP contribution < -0.4 is 15.7 Å². The summed E-state index contributed by atoms with van der Waals surface area (Å²) >= 11 is 6.06. The smallest absolute Gasteiger partial charge is 0.348 e. The van der Waals surface area contributed by atoms with E-state index in [9.17, 15) is 4.79 Å². The van der Waals surface area contributed by atoms with Gasteiger partial charge in [-0.1, -0.05) is 29.8 Å². The number of methoxy groups -OCH3 is 1. The van der Waals surface area contributed by atoms with E-state index >= 15 is 0 Å². The van der Waals surface area contributed by atoms with Crippen LogP contribution in [0.15, 0.2) is 51.7 Å². The molecule has 0 bridgehead atoms. The van der Waals surface area contributed by atoms with Crippen LogP contribution in [0.3, 0.4) is 0 Å². The zero-order valence-electron chi connectivity index (χ0n) is 11.1. The Hall–Kier alpha value is -2.53. The topological polar surface area (TPSA) is 64.4 Å².